The third-order valence-corrected chi connectivity index (χ3v) is 6.97. The van der Waals surface area contributed by atoms with E-state index in [1.807, 2.05) is 37.2 Å². The number of hydrogen-bond acceptors (Lipinski definition) is 3. The minimum absolute atomic E-state index is 0. The van der Waals surface area contributed by atoms with E-state index in [-0.39, 0.29) is 30.3 Å². The number of carbonyl (C=O) groups is 2. The maximum Gasteiger partial charge on any atom is 0.219 e. The Bertz CT molecular complexity index is 732. The van der Waals surface area contributed by atoms with E-state index in [0.29, 0.717) is 10.7 Å². The van der Waals surface area contributed by atoms with Gasteiger partial charge in [-0.2, -0.15) is 0 Å². The molecule has 0 aliphatic heterocycles. The molecule has 0 heterocycles. The van der Waals surface area contributed by atoms with Crippen LogP contribution in [0.25, 0.3) is 0 Å². The quantitative estimate of drug-likeness (QED) is 0.254. The molecule has 2 N–H and O–H groups in total. The van der Waals surface area contributed by atoms with Crippen molar-refractivity contribution in [2.45, 2.75) is 58.9 Å². The summed E-state index contributed by atoms with van der Waals surface area (Å²) in [4.78, 5) is 27.2. The third-order valence-electron chi connectivity index (χ3n) is 6.64. The summed E-state index contributed by atoms with van der Waals surface area (Å²) in [5.74, 6) is 0.205. The van der Waals surface area contributed by atoms with Gasteiger partial charge in [0, 0.05) is 40.4 Å². The smallest absolute Gasteiger partial charge is 0.219 e. The Balaban J connectivity index is 0.00000961. The van der Waals surface area contributed by atoms with Gasteiger partial charge in [0.25, 0.3) is 0 Å². The highest BCUT2D eigenvalue weighted by Gasteiger charge is 2.25. The molecule has 1 aromatic carbocycles. The number of aryl methyl sites for hydroxylation is 1. The van der Waals surface area contributed by atoms with Crippen LogP contribution in [0.2, 0.25) is 5.02 Å². The number of unbranched alkanes of at least 4 members (excludes halogenated alkanes) is 1. The number of nitrogen functional groups attached to an aromatic ring is 1. The highest BCUT2D eigenvalue weighted by atomic mass is 35.5. The molecule has 8 heteroatoms. The molecule has 0 saturated carbocycles. The number of benzene rings is 1. The monoisotopic (exact) mass is 488 g/mol. The number of nitrogens with two attached hydrogens (primary N) is 1. The lowest BCUT2D eigenvalue weighted by Gasteiger charge is -2.37. The van der Waals surface area contributed by atoms with Gasteiger partial charge < -0.3 is 32.4 Å². The SMILES string of the molecule is CC[N+](C)(CCC(CCCCc1ccc(N)c(Cl)c1)N(C)C(C)=O)CCN(C)C(C)=O.[Cl-]. The molecule has 0 bridgehead atoms. The first kappa shape index (κ1) is 30.5. The molecule has 0 radical (unpaired) electrons. The third kappa shape index (κ3) is 10.4. The molecule has 32 heavy (non-hydrogen) atoms. The summed E-state index contributed by atoms with van der Waals surface area (Å²) in [5, 5.41) is 0.610. The molecule has 1 rings (SSSR count). The first-order chi connectivity index (χ1) is 14.5. The van der Waals surface area contributed by atoms with Crippen LogP contribution in [0.4, 0.5) is 5.69 Å². The van der Waals surface area contributed by atoms with E-state index in [1.165, 1.54) is 5.56 Å². The lowest BCUT2D eigenvalue weighted by atomic mass is 10.0. The van der Waals surface area contributed by atoms with Crippen LogP contribution in [0.15, 0.2) is 18.2 Å². The fourth-order valence-corrected chi connectivity index (χ4v) is 3.86. The molecule has 0 aliphatic carbocycles. The largest absolute Gasteiger partial charge is 1.00 e. The van der Waals surface area contributed by atoms with Crippen LogP contribution in [-0.2, 0) is 16.0 Å². The van der Waals surface area contributed by atoms with Crippen molar-refractivity contribution >= 4 is 29.1 Å². The summed E-state index contributed by atoms with van der Waals surface area (Å²) in [6, 6.07) is 6.06. The standard InChI is InChI=1S/C24H42ClN4O2.ClH/c1-7-29(6,17-15-27(4)19(2)30)16-14-22(28(5)20(3)31)11-9-8-10-21-12-13-24(26)23(25)18-21;/h12-13,18,22H,7-11,14-17,26H2,1-6H3;1H/q+1;/p-1. The van der Waals surface area contributed by atoms with Crippen LogP contribution in [0, 0.1) is 0 Å². The minimum Gasteiger partial charge on any atom is -1.00 e. The van der Waals surface area contributed by atoms with E-state index in [9.17, 15) is 9.59 Å². The molecule has 6 nitrogen and oxygen atoms in total. The van der Waals surface area contributed by atoms with Crippen molar-refractivity contribution in [2.24, 2.45) is 0 Å². The molecule has 1 aromatic rings. The average Bonchev–Trinajstić information content (AvgIpc) is 2.73. The fraction of sp³-hybridized carbons (Fsp3) is 0.667. The van der Waals surface area contributed by atoms with Gasteiger partial charge in [0.05, 0.1) is 43.9 Å². The van der Waals surface area contributed by atoms with Gasteiger partial charge in [-0.05, 0) is 43.9 Å². The predicted molar refractivity (Wildman–Crippen MR) is 130 cm³/mol. The maximum absolute atomic E-state index is 12.0. The number of hydrogen-bond donors (Lipinski definition) is 1. The summed E-state index contributed by atoms with van der Waals surface area (Å²) < 4.78 is 0.893. The topological polar surface area (TPSA) is 66.6 Å². The van der Waals surface area contributed by atoms with Crippen molar-refractivity contribution in [3.8, 4) is 0 Å². The predicted octanol–water partition coefficient (Wildman–Crippen LogP) is 0.821. The zero-order chi connectivity index (χ0) is 23.6. The lowest BCUT2D eigenvalue weighted by Crippen LogP contribution is -3.00. The highest BCUT2D eigenvalue weighted by molar-refractivity contribution is 6.33. The summed E-state index contributed by atoms with van der Waals surface area (Å²) >= 11 is 6.12. The molecule has 0 aliphatic rings. The van der Waals surface area contributed by atoms with Crippen LogP contribution in [0.3, 0.4) is 0 Å². The second kappa shape index (κ2) is 14.6. The van der Waals surface area contributed by atoms with Crippen LogP contribution in [-0.4, -0.2) is 79.5 Å². The number of nitrogens with zero attached hydrogens (tertiary/aromatic N) is 3. The molecule has 0 fully saturated rings. The van der Waals surface area contributed by atoms with Gasteiger partial charge in [0.2, 0.25) is 11.8 Å². The van der Waals surface area contributed by atoms with Gasteiger partial charge in [-0.1, -0.05) is 24.1 Å². The minimum atomic E-state index is 0. The summed E-state index contributed by atoms with van der Waals surface area (Å²) in [6.07, 6.45) is 4.99. The summed E-state index contributed by atoms with van der Waals surface area (Å²) in [7, 11) is 6.00. The molecule has 184 valence electrons. The molecule has 2 amide bonds. The van der Waals surface area contributed by atoms with E-state index in [0.717, 1.165) is 62.8 Å². The number of carbonyl (C=O) groups excluding carboxylic acids is 2. The number of quaternary nitrogens is 1. The lowest BCUT2D eigenvalue weighted by molar-refractivity contribution is -0.907. The Labute approximate surface area is 206 Å². The average molecular weight is 490 g/mol. The molecular weight excluding hydrogens is 447 g/mol. The van der Waals surface area contributed by atoms with Crippen molar-refractivity contribution in [2.75, 3.05) is 53.1 Å². The highest BCUT2D eigenvalue weighted by Crippen LogP contribution is 2.22. The first-order valence-electron chi connectivity index (χ1n) is 11.3. The fourth-order valence-electron chi connectivity index (χ4n) is 3.66. The van der Waals surface area contributed by atoms with Crippen LogP contribution in [0.5, 0.6) is 0 Å². The Morgan fingerprint density at radius 3 is 2.28 bits per heavy atom. The van der Waals surface area contributed by atoms with E-state index in [1.54, 1.807) is 18.7 Å². The van der Waals surface area contributed by atoms with E-state index >= 15 is 0 Å². The number of rotatable bonds is 13. The summed E-state index contributed by atoms with van der Waals surface area (Å²) in [6.45, 7) is 9.08. The van der Waals surface area contributed by atoms with Crippen molar-refractivity contribution in [1.29, 1.82) is 0 Å². The van der Waals surface area contributed by atoms with Crippen LogP contribution >= 0.6 is 11.6 Å². The van der Waals surface area contributed by atoms with E-state index < -0.39 is 0 Å². The number of halogens is 2. The van der Waals surface area contributed by atoms with Gasteiger partial charge in [0.1, 0.15) is 0 Å². The van der Waals surface area contributed by atoms with Gasteiger partial charge in [-0.15, -0.1) is 0 Å². The van der Waals surface area contributed by atoms with Crippen molar-refractivity contribution < 1.29 is 26.5 Å². The van der Waals surface area contributed by atoms with Crippen molar-refractivity contribution in [3.63, 3.8) is 0 Å². The van der Waals surface area contributed by atoms with E-state index in [4.69, 9.17) is 17.3 Å². The zero-order valence-electron chi connectivity index (χ0n) is 20.7. The Hall–Kier alpha value is -1.50. The Kier molecular flexibility index (Phi) is 13.9. The van der Waals surface area contributed by atoms with Gasteiger partial charge in [-0.3, -0.25) is 9.59 Å². The van der Waals surface area contributed by atoms with Gasteiger partial charge in [0.15, 0.2) is 0 Å². The molecule has 0 spiro atoms. The van der Waals surface area contributed by atoms with Crippen LogP contribution < -0.4 is 18.1 Å². The molecule has 0 aromatic heterocycles. The normalized spacial score (nSPS) is 13.6. The number of amides is 2. The second-order valence-electron chi connectivity index (χ2n) is 9.00. The van der Waals surface area contributed by atoms with Crippen molar-refractivity contribution in [3.05, 3.63) is 28.8 Å². The molecular formula is C24H42Cl2N4O2. The first-order valence-corrected chi connectivity index (χ1v) is 11.7. The molecule has 2 atom stereocenters. The molecule has 0 saturated heterocycles. The number of likely N-dealkylation sites (N-methyl/N-ethyl adjacent to an activating group) is 2. The van der Waals surface area contributed by atoms with Gasteiger partial charge in [-0.25, -0.2) is 0 Å². The van der Waals surface area contributed by atoms with Crippen molar-refractivity contribution in [1.82, 2.24) is 9.80 Å². The van der Waals surface area contributed by atoms with Gasteiger partial charge >= 0.3 is 0 Å². The Morgan fingerprint density at radius 2 is 1.75 bits per heavy atom. The summed E-state index contributed by atoms with van der Waals surface area (Å²) in [5.41, 5.74) is 7.59. The number of anilines is 1. The van der Waals surface area contributed by atoms with E-state index in [2.05, 4.69) is 14.0 Å². The van der Waals surface area contributed by atoms with Crippen LogP contribution in [0.1, 0.15) is 52.0 Å². The Morgan fingerprint density at radius 1 is 1.09 bits per heavy atom. The molecule has 2 unspecified atom stereocenters. The second-order valence-corrected chi connectivity index (χ2v) is 9.40. The zero-order valence-corrected chi connectivity index (χ0v) is 22.2. The maximum atomic E-state index is 12.0.